The molecule has 2 amide bonds. The molecule has 1 fully saturated rings. The lowest BCUT2D eigenvalue weighted by Gasteiger charge is -2.45. The Morgan fingerprint density at radius 2 is 1.65 bits per heavy atom. The van der Waals surface area contributed by atoms with Crippen LogP contribution < -0.4 is 21.3 Å². The fourth-order valence-electron chi connectivity index (χ4n) is 5.51. The van der Waals surface area contributed by atoms with Crippen molar-refractivity contribution in [2.45, 2.75) is 133 Å². The highest BCUT2D eigenvalue weighted by molar-refractivity contribution is 5.88. The molecule has 18 heteroatoms. The maximum Gasteiger partial charge on any atom is 0.323 e. The van der Waals surface area contributed by atoms with Gasteiger partial charge < -0.3 is 56.3 Å². The van der Waals surface area contributed by atoms with Crippen LogP contribution in [-0.4, -0.2) is 130 Å². The van der Waals surface area contributed by atoms with E-state index >= 15 is 0 Å². The predicted octanol–water partition coefficient (Wildman–Crippen LogP) is -1.16. The number of ether oxygens (including phenoxy) is 1. The number of amides is 2. The van der Waals surface area contributed by atoms with Crippen molar-refractivity contribution in [3.63, 3.8) is 0 Å². The van der Waals surface area contributed by atoms with Gasteiger partial charge in [0.25, 0.3) is 5.91 Å². The van der Waals surface area contributed by atoms with Crippen molar-refractivity contribution in [3.05, 3.63) is 12.7 Å². The number of carboxylic acid groups (broad SMARTS) is 1. The van der Waals surface area contributed by atoms with Crippen LogP contribution in [0.1, 0.15) is 78.1 Å². The number of fused-ring (bicyclic) bond motifs is 1. The van der Waals surface area contributed by atoms with Gasteiger partial charge in [0, 0.05) is 6.42 Å². The number of aromatic amines is 1. The Hall–Kier alpha value is -3.52. The molecule has 1 aliphatic rings. The van der Waals surface area contributed by atoms with Gasteiger partial charge >= 0.3 is 5.97 Å². The molecule has 1 unspecified atom stereocenters. The van der Waals surface area contributed by atoms with Crippen LogP contribution in [0.2, 0.25) is 0 Å². The van der Waals surface area contributed by atoms with E-state index in [4.69, 9.17) is 4.74 Å². The Kier molecular flexibility index (Phi) is 15.8. The standard InChI is InChI=1S/C30H50N8O10/c1-3-4-5-6-7-8-9-10-11-12-18(42)35-27(36-19(16(2)40)30(46)47)28(45)37-20-22(43)23(44)29(48-24(20)17(41)13-39)38-26-21-25(32-14-31-21)33-15-34-26/h14-17,19-20,22-24,27,29,36,39-41,43-44H,3-13H2,1-2H3,(H,35,42)(H,37,45)(H,46,47)(H2,31,32,33,34,38)/t16-,17+,19+,20-,22-,23-,24+,27?,29+/m1/s1. The van der Waals surface area contributed by atoms with E-state index in [2.05, 4.69) is 48.1 Å². The zero-order valence-corrected chi connectivity index (χ0v) is 27.3. The highest BCUT2D eigenvalue weighted by Gasteiger charge is 2.48. The number of carbonyl (C=O) groups excluding carboxylic acids is 2. The number of hydrogen-bond donors (Lipinski definition) is 11. The van der Waals surface area contributed by atoms with Crippen LogP contribution in [0.25, 0.3) is 11.2 Å². The topological polar surface area (TPSA) is 284 Å². The second kappa shape index (κ2) is 19.5. The number of aromatic nitrogens is 4. The summed E-state index contributed by atoms with van der Waals surface area (Å²) in [6.45, 7) is 2.49. The molecule has 9 atom stereocenters. The quantitative estimate of drug-likeness (QED) is 0.0547. The minimum Gasteiger partial charge on any atom is -0.480 e. The van der Waals surface area contributed by atoms with Gasteiger partial charge in [0.15, 0.2) is 23.9 Å². The number of rotatable bonds is 21. The summed E-state index contributed by atoms with van der Waals surface area (Å²) >= 11 is 0. The Morgan fingerprint density at radius 1 is 0.979 bits per heavy atom. The highest BCUT2D eigenvalue weighted by Crippen LogP contribution is 2.26. The molecular formula is C30H50N8O10. The normalized spacial score (nSPS) is 23.6. The molecular weight excluding hydrogens is 632 g/mol. The summed E-state index contributed by atoms with van der Waals surface area (Å²) in [6.07, 6.45) is 0.508. The summed E-state index contributed by atoms with van der Waals surface area (Å²) in [5.74, 6) is -2.97. The average molecular weight is 683 g/mol. The third kappa shape index (κ3) is 11.0. The van der Waals surface area contributed by atoms with E-state index in [1.54, 1.807) is 0 Å². The number of aliphatic carboxylic acids is 1. The molecule has 18 nitrogen and oxygen atoms in total. The zero-order valence-electron chi connectivity index (χ0n) is 27.3. The number of H-pyrrole nitrogens is 1. The molecule has 0 spiro atoms. The van der Waals surface area contributed by atoms with E-state index in [-0.39, 0.29) is 12.2 Å². The third-order valence-corrected chi connectivity index (χ3v) is 8.23. The van der Waals surface area contributed by atoms with Gasteiger partial charge in [-0.25, -0.2) is 15.0 Å². The first-order valence-corrected chi connectivity index (χ1v) is 16.5. The average Bonchev–Trinajstić information content (AvgIpc) is 3.55. The van der Waals surface area contributed by atoms with Gasteiger partial charge in [0.2, 0.25) is 5.91 Å². The molecule has 270 valence electrons. The highest BCUT2D eigenvalue weighted by atomic mass is 16.5. The number of carboxylic acids is 1. The van der Waals surface area contributed by atoms with Gasteiger partial charge in [-0.05, 0) is 13.3 Å². The lowest BCUT2D eigenvalue weighted by atomic mass is 9.92. The van der Waals surface area contributed by atoms with Crippen LogP contribution >= 0.6 is 0 Å². The second-order valence-electron chi connectivity index (χ2n) is 12.1. The van der Waals surface area contributed by atoms with Crippen molar-refractivity contribution < 1.29 is 49.8 Å². The SMILES string of the molecule is CCCCCCCCCCCC(=O)NC(N[C@H](C(=O)O)[C@@H](C)O)C(=O)N[C@@H]1[C@@H](O)[C@@H](O)[C@@H](Nc2ncnc3nc[nH]c23)O[C@H]1[C@@H](O)CO. The molecule has 2 aromatic rings. The van der Waals surface area contributed by atoms with E-state index < -0.39 is 79.4 Å². The monoisotopic (exact) mass is 682 g/mol. The van der Waals surface area contributed by atoms with Gasteiger partial charge in [-0.1, -0.05) is 58.3 Å². The Bertz CT molecular complexity index is 1300. The maximum atomic E-state index is 13.5. The number of carbonyl (C=O) groups is 3. The smallest absolute Gasteiger partial charge is 0.323 e. The predicted molar refractivity (Wildman–Crippen MR) is 171 cm³/mol. The van der Waals surface area contributed by atoms with Crippen molar-refractivity contribution in [1.82, 2.24) is 35.9 Å². The number of imidazole rings is 1. The van der Waals surface area contributed by atoms with Crippen molar-refractivity contribution in [1.29, 1.82) is 0 Å². The molecule has 0 bridgehead atoms. The number of aliphatic hydroxyl groups is 5. The fourth-order valence-corrected chi connectivity index (χ4v) is 5.51. The molecule has 0 aliphatic carbocycles. The number of hydrogen-bond acceptors (Lipinski definition) is 14. The van der Waals surface area contributed by atoms with Gasteiger partial charge in [-0.3, -0.25) is 19.7 Å². The van der Waals surface area contributed by atoms with Gasteiger partial charge in [0.05, 0.1) is 25.1 Å². The molecule has 2 aromatic heterocycles. The van der Waals surface area contributed by atoms with Crippen LogP contribution in [0.4, 0.5) is 5.82 Å². The maximum absolute atomic E-state index is 13.5. The minimum absolute atomic E-state index is 0.0490. The van der Waals surface area contributed by atoms with Crippen LogP contribution in [0.5, 0.6) is 0 Å². The first kappa shape index (κ1) is 38.9. The molecule has 3 heterocycles. The Labute approximate surface area is 278 Å². The lowest BCUT2D eigenvalue weighted by Crippen LogP contribution is -2.70. The van der Waals surface area contributed by atoms with Gasteiger partial charge in [-0.15, -0.1) is 0 Å². The Balaban J connectivity index is 1.69. The molecule has 48 heavy (non-hydrogen) atoms. The molecule has 1 saturated heterocycles. The summed E-state index contributed by atoms with van der Waals surface area (Å²) in [5.41, 5.74) is 0.654. The van der Waals surface area contributed by atoms with E-state index in [1.165, 1.54) is 45.3 Å². The largest absolute Gasteiger partial charge is 0.480 e. The lowest BCUT2D eigenvalue weighted by molar-refractivity contribution is -0.204. The molecule has 0 aromatic carbocycles. The number of nitrogens with zero attached hydrogens (tertiary/aromatic N) is 3. The number of aliphatic hydroxyl groups excluding tert-OH is 5. The summed E-state index contributed by atoms with van der Waals surface area (Å²) in [5, 5.41) is 72.1. The van der Waals surface area contributed by atoms with E-state index in [1.807, 2.05) is 0 Å². The number of anilines is 1. The fraction of sp³-hybridized carbons (Fsp3) is 0.733. The molecule has 11 N–H and O–H groups in total. The van der Waals surface area contributed by atoms with Gasteiger partial charge in [-0.2, -0.15) is 0 Å². The summed E-state index contributed by atoms with van der Waals surface area (Å²) in [6, 6.07) is -3.23. The van der Waals surface area contributed by atoms with Crippen molar-refractivity contribution in [2.24, 2.45) is 0 Å². The van der Waals surface area contributed by atoms with Crippen molar-refractivity contribution >= 4 is 34.8 Å². The van der Waals surface area contributed by atoms with E-state index in [9.17, 15) is 45.0 Å². The van der Waals surface area contributed by atoms with Crippen LogP contribution in [0.15, 0.2) is 12.7 Å². The molecule has 1 aliphatic heterocycles. The molecule has 3 rings (SSSR count). The van der Waals surface area contributed by atoms with E-state index in [0.29, 0.717) is 17.6 Å². The minimum atomic E-state index is -1.81. The van der Waals surface area contributed by atoms with Gasteiger partial charge in [0.1, 0.15) is 42.3 Å². The second-order valence-corrected chi connectivity index (χ2v) is 12.1. The number of nitrogens with one attached hydrogen (secondary N) is 5. The Morgan fingerprint density at radius 3 is 2.27 bits per heavy atom. The van der Waals surface area contributed by atoms with Crippen LogP contribution in [0, 0.1) is 0 Å². The number of unbranched alkanes of at least 4 members (excludes halogenated alkanes) is 8. The summed E-state index contributed by atoms with van der Waals surface area (Å²) in [4.78, 5) is 53.1. The molecule has 0 saturated carbocycles. The van der Waals surface area contributed by atoms with Crippen molar-refractivity contribution in [3.8, 4) is 0 Å². The van der Waals surface area contributed by atoms with Crippen LogP contribution in [0.3, 0.4) is 0 Å². The third-order valence-electron chi connectivity index (χ3n) is 8.23. The zero-order chi connectivity index (χ0) is 35.2. The van der Waals surface area contributed by atoms with E-state index in [0.717, 1.165) is 25.7 Å². The summed E-state index contributed by atoms with van der Waals surface area (Å²) in [7, 11) is 0. The summed E-state index contributed by atoms with van der Waals surface area (Å²) < 4.78 is 5.81. The first-order chi connectivity index (χ1) is 23.0. The first-order valence-electron chi connectivity index (χ1n) is 16.5. The van der Waals surface area contributed by atoms with Crippen molar-refractivity contribution in [2.75, 3.05) is 11.9 Å². The molecule has 0 radical (unpaired) electrons. The van der Waals surface area contributed by atoms with Crippen LogP contribution in [-0.2, 0) is 19.1 Å².